The van der Waals surface area contributed by atoms with Gasteiger partial charge in [0.25, 0.3) is 5.56 Å². The lowest BCUT2D eigenvalue weighted by Gasteiger charge is -2.15. The zero-order chi connectivity index (χ0) is 19.7. The normalized spacial score (nSPS) is 10.9. The van der Waals surface area contributed by atoms with E-state index < -0.39 is 0 Å². The highest BCUT2D eigenvalue weighted by Crippen LogP contribution is 2.33. The number of anilines is 2. The fourth-order valence-corrected chi connectivity index (χ4v) is 3.98. The van der Waals surface area contributed by atoms with Crippen LogP contribution < -0.4 is 10.9 Å². The predicted molar refractivity (Wildman–Crippen MR) is 113 cm³/mol. The number of rotatable bonds is 5. The summed E-state index contributed by atoms with van der Waals surface area (Å²) in [5.74, 6) is -0.216. The van der Waals surface area contributed by atoms with Crippen molar-refractivity contribution in [2.24, 2.45) is 0 Å². The molecule has 0 aliphatic heterocycles. The first kappa shape index (κ1) is 18.1. The lowest BCUT2D eigenvalue weighted by atomic mass is 10.0. The Labute approximate surface area is 165 Å². The van der Waals surface area contributed by atoms with Gasteiger partial charge in [0.05, 0.1) is 11.3 Å². The second-order valence-corrected chi connectivity index (χ2v) is 7.13. The molecule has 3 heterocycles. The number of aromatic nitrogens is 3. The van der Waals surface area contributed by atoms with E-state index in [1.807, 2.05) is 54.8 Å². The number of carbonyl (C=O) groups excluding carboxylic acids is 1. The molecular formula is C21H18N4O2S. The molecule has 0 saturated heterocycles. The Morgan fingerprint density at radius 2 is 1.96 bits per heavy atom. The third-order valence-electron chi connectivity index (χ3n) is 4.46. The fourth-order valence-electron chi connectivity index (χ4n) is 3.14. The summed E-state index contributed by atoms with van der Waals surface area (Å²) in [4.78, 5) is 30.8. The minimum absolute atomic E-state index is 0.216. The third kappa shape index (κ3) is 3.10. The molecule has 7 heteroatoms. The molecule has 0 fully saturated rings. The van der Waals surface area contributed by atoms with Crippen LogP contribution in [0.5, 0.6) is 0 Å². The van der Waals surface area contributed by atoms with E-state index in [1.165, 1.54) is 22.9 Å². The molecule has 0 aliphatic carbocycles. The van der Waals surface area contributed by atoms with Crippen molar-refractivity contribution in [2.75, 3.05) is 5.32 Å². The van der Waals surface area contributed by atoms with Gasteiger partial charge in [0, 0.05) is 29.1 Å². The van der Waals surface area contributed by atoms with Crippen LogP contribution >= 0.6 is 11.3 Å². The molecule has 28 heavy (non-hydrogen) atoms. The van der Waals surface area contributed by atoms with Crippen LogP contribution in [0.4, 0.5) is 11.4 Å². The van der Waals surface area contributed by atoms with Crippen LogP contribution in [0.15, 0.2) is 58.8 Å². The summed E-state index contributed by atoms with van der Waals surface area (Å²) < 4.78 is 1.38. The Hall–Kier alpha value is -3.32. The van der Waals surface area contributed by atoms with Crippen LogP contribution in [-0.4, -0.2) is 20.5 Å². The molecule has 0 unspecified atom stereocenters. The van der Waals surface area contributed by atoms with Gasteiger partial charge < -0.3 is 5.32 Å². The first-order chi connectivity index (χ1) is 13.6. The van der Waals surface area contributed by atoms with Gasteiger partial charge in [0.2, 0.25) is 0 Å². The Kier molecular flexibility index (Phi) is 4.75. The molecule has 0 radical (unpaired) electrons. The number of nitrogens with zero attached hydrogens (tertiary/aromatic N) is 3. The van der Waals surface area contributed by atoms with Crippen molar-refractivity contribution < 1.29 is 4.79 Å². The maximum Gasteiger partial charge on any atom is 0.291 e. The van der Waals surface area contributed by atoms with Crippen LogP contribution in [0.1, 0.15) is 24.2 Å². The maximum atomic E-state index is 13.0. The van der Waals surface area contributed by atoms with Crippen molar-refractivity contribution in [3.05, 3.63) is 70.0 Å². The van der Waals surface area contributed by atoms with E-state index in [0.717, 1.165) is 21.5 Å². The van der Waals surface area contributed by atoms with Gasteiger partial charge in [-0.05, 0) is 26.0 Å². The van der Waals surface area contributed by atoms with E-state index >= 15 is 0 Å². The first-order valence-electron chi connectivity index (χ1n) is 8.91. The average molecular weight is 390 g/mol. The van der Waals surface area contributed by atoms with Gasteiger partial charge in [-0.1, -0.05) is 30.3 Å². The largest absolute Gasteiger partial charge is 0.349 e. The first-order valence-corrected chi connectivity index (χ1v) is 9.78. The lowest BCUT2D eigenvalue weighted by Crippen LogP contribution is -2.28. The number of Topliss-reactive ketones (excluding diaryl/α,β-unsaturated/α-hetero) is 1. The summed E-state index contributed by atoms with van der Waals surface area (Å²) >= 11 is 1.48. The SMILES string of the molecule is CCn1nc(-c2ccccc2)c(C(C)=O)c(Nc2csc3ncccc23)c1=O. The lowest BCUT2D eigenvalue weighted by molar-refractivity contribution is 0.101. The molecule has 0 saturated carbocycles. The Balaban J connectivity index is 1.97. The summed E-state index contributed by atoms with van der Waals surface area (Å²) in [6.07, 6.45) is 1.73. The number of thiophene rings is 1. The molecule has 0 amide bonds. The minimum Gasteiger partial charge on any atom is -0.349 e. The van der Waals surface area contributed by atoms with Gasteiger partial charge in [-0.25, -0.2) is 9.67 Å². The highest BCUT2D eigenvalue weighted by molar-refractivity contribution is 7.17. The van der Waals surface area contributed by atoms with Crippen molar-refractivity contribution in [1.29, 1.82) is 0 Å². The van der Waals surface area contributed by atoms with Gasteiger partial charge in [0.15, 0.2) is 5.78 Å². The number of aryl methyl sites for hydroxylation is 1. The van der Waals surface area contributed by atoms with Crippen LogP contribution in [0.25, 0.3) is 21.5 Å². The van der Waals surface area contributed by atoms with E-state index in [2.05, 4.69) is 15.4 Å². The van der Waals surface area contributed by atoms with Crippen LogP contribution in [0.2, 0.25) is 0 Å². The number of hydrogen-bond acceptors (Lipinski definition) is 6. The fraction of sp³-hybridized carbons (Fsp3) is 0.143. The minimum atomic E-state index is -0.323. The third-order valence-corrected chi connectivity index (χ3v) is 5.37. The van der Waals surface area contributed by atoms with E-state index in [9.17, 15) is 9.59 Å². The summed E-state index contributed by atoms with van der Waals surface area (Å²) in [6, 6.07) is 13.2. The van der Waals surface area contributed by atoms with Crippen molar-refractivity contribution >= 4 is 38.7 Å². The highest BCUT2D eigenvalue weighted by atomic mass is 32.1. The van der Waals surface area contributed by atoms with Gasteiger partial charge in [-0.3, -0.25) is 9.59 Å². The van der Waals surface area contributed by atoms with E-state index in [0.29, 0.717) is 17.8 Å². The number of benzene rings is 1. The van der Waals surface area contributed by atoms with Crippen LogP contribution in [-0.2, 0) is 6.54 Å². The zero-order valence-electron chi connectivity index (χ0n) is 15.5. The molecular weight excluding hydrogens is 372 g/mol. The standard InChI is InChI=1S/C21H18N4O2S/c1-3-25-21(27)19(23-16-12-28-20-15(16)10-7-11-22-20)17(13(2)26)18(24-25)14-8-5-4-6-9-14/h4-12,23H,3H2,1-2H3. The molecule has 140 valence electrons. The molecule has 0 atom stereocenters. The summed E-state index contributed by atoms with van der Waals surface area (Å²) in [7, 11) is 0. The number of carbonyl (C=O) groups is 1. The van der Waals surface area contributed by atoms with Crippen molar-refractivity contribution in [3.8, 4) is 11.3 Å². The van der Waals surface area contributed by atoms with Gasteiger partial charge in [-0.15, -0.1) is 11.3 Å². The molecule has 1 aromatic carbocycles. The van der Waals surface area contributed by atoms with Gasteiger partial charge in [0.1, 0.15) is 16.2 Å². The number of hydrogen-bond donors (Lipinski definition) is 1. The number of pyridine rings is 1. The molecule has 4 aromatic rings. The Morgan fingerprint density at radius 1 is 1.18 bits per heavy atom. The number of nitrogens with one attached hydrogen (secondary N) is 1. The smallest absolute Gasteiger partial charge is 0.291 e. The van der Waals surface area contributed by atoms with E-state index in [1.54, 1.807) is 6.20 Å². The van der Waals surface area contributed by atoms with Crippen molar-refractivity contribution in [1.82, 2.24) is 14.8 Å². The quantitative estimate of drug-likeness (QED) is 0.508. The molecule has 1 N–H and O–H groups in total. The Morgan fingerprint density at radius 3 is 2.68 bits per heavy atom. The zero-order valence-corrected chi connectivity index (χ0v) is 16.3. The number of ketones is 1. The molecule has 0 spiro atoms. The topological polar surface area (TPSA) is 76.9 Å². The van der Waals surface area contributed by atoms with E-state index in [4.69, 9.17) is 0 Å². The van der Waals surface area contributed by atoms with E-state index in [-0.39, 0.29) is 17.0 Å². The maximum absolute atomic E-state index is 13.0. The molecule has 6 nitrogen and oxygen atoms in total. The summed E-state index contributed by atoms with van der Waals surface area (Å²) in [6.45, 7) is 3.71. The Bertz CT molecular complexity index is 1230. The second-order valence-electron chi connectivity index (χ2n) is 6.27. The summed E-state index contributed by atoms with van der Waals surface area (Å²) in [5.41, 5.74) is 2.25. The van der Waals surface area contributed by atoms with Gasteiger partial charge >= 0.3 is 0 Å². The monoisotopic (exact) mass is 390 g/mol. The molecule has 0 aliphatic rings. The van der Waals surface area contributed by atoms with Crippen molar-refractivity contribution in [2.45, 2.75) is 20.4 Å². The predicted octanol–water partition coefficient (Wildman–Crippen LogP) is 4.49. The highest BCUT2D eigenvalue weighted by Gasteiger charge is 2.22. The summed E-state index contributed by atoms with van der Waals surface area (Å²) in [5, 5.41) is 10.5. The van der Waals surface area contributed by atoms with Crippen molar-refractivity contribution in [3.63, 3.8) is 0 Å². The number of fused-ring (bicyclic) bond motifs is 1. The van der Waals surface area contributed by atoms with Gasteiger partial charge in [-0.2, -0.15) is 5.10 Å². The van der Waals surface area contributed by atoms with Crippen LogP contribution in [0.3, 0.4) is 0 Å². The molecule has 0 bridgehead atoms. The second kappa shape index (κ2) is 7.36. The van der Waals surface area contributed by atoms with Crippen LogP contribution in [0, 0.1) is 0 Å². The molecule has 4 rings (SSSR count). The molecule has 3 aromatic heterocycles. The average Bonchev–Trinajstić information content (AvgIpc) is 3.12.